The Hall–Kier alpha value is -2.48. The average Bonchev–Trinajstić information content (AvgIpc) is 3.13. The van der Waals surface area contributed by atoms with Crippen molar-refractivity contribution in [3.05, 3.63) is 35.8 Å². The molecule has 0 atom stereocenters. The third-order valence-electron chi connectivity index (χ3n) is 3.00. The van der Waals surface area contributed by atoms with Crippen molar-refractivity contribution in [2.24, 2.45) is 0 Å². The van der Waals surface area contributed by atoms with Gasteiger partial charge < -0.3 is 0 Å². The molecule has 0 aliphatic rings. The van der Waals surface area contributed by atoms with E-state index in [0.29, 0.717) is 23.6 Å². The van der Waals surface area contributed by atoms with E-state index in [1.807, 2.05) is 0 Å². The van der Waals surface area contributed by atoms with E-state index < -0.39 is 0 Å². The van der Waals surface area contributed by atoms with Gasteiger partial charge in [0.2, 0.25) is 0 Å². The summed E-state index contributed by atoms with van der Waals surface area (Å²) in [5.74, 6) is 0.729. The van der Waals surface area contributed by atoms with Crippen LogP contribution in [-0.2, 0) is 13.0 Å². The number of nitrogens with one attached hydrogen (secondary N) is 1. The summed E-state index contributed by atoms with van der Waals surface area (Å²) in [4.78, 5) is 8.72. The number of hydrogen-bond acceptors (Lipinski definition) is 5. The van der Waals surface area contributed by atoms with Crippen molar-refractivity contribution < 1.29 is 0 Å². The molecule has 9 heteroatoms. The number of H-pyrrole nitrogens is 1. The minimum absolute atomic E-state index is 0.622. The van der Waals surface area contributed by atoms with E-state index in [2.05, 4.69) is 30.4 Å². The first-order chi connectivity index (χ1) is 9.79. The van der Waals surface area contributed by atoms with Crippen molar-refractivity contribution in [3.8, 4) is 0 Å². The number of aryl methyl sites for hydroxylation is 2. The molecule has 4 rings (SSSR count). The molecule has 0 amide bonds. The Morgan fingerprint density at radius 1 is 1.30 bits per heavy atom. The minimum Gasteiger partial charge on any atom is -0.271 e. The van der Waals surface area contributed by atoms with Crippen LogP contribution in [0.1, 0.15) is 5.82 Å². The van der Waals surface area contributed by atoms with Crippen LogP contribution in [0, 0.1) is 0 Å². The molecule has 0 bridgehead atoms. The average molecular weight is 289 g/mol. The Kier molecular flexibility index (Phi) is 2.43. The van der Waals surface area contributed by atoms with Crippen LogP contribution in [0.2, 0.25) is 5.02 Å². The summed E-state index contributed by atoms with van der Waals surface area (Å²) < 4.78 is 3.42. The smallest absolute Gasteiger partial charge is 0.170 e. The van der Waals surface area contributed by atoms with E-state index in [0.717, 1.165) is 16.9 Å². The van der Waals surface area contributed by atoms with E-state index in [4.69, 9.17) is 11.6 Å². The summed E-state index contributed by atoms with van der Waals surface area (Å²) in [6.45, 7) is 0.672. The summed E-state index contributed by atoms with van der Waals surface area (Å²) in [6, 6.07) is 0. The third kappa shape index (κ3) is 1.81. The zero-order valence-electron chi connectivity index (χ0n) is 10.2. The summed E-state index contributed by atoms with van der Waals surface area (Å²) in [5.41, 5.74) is 1.45. The molecule has 4 aromatic heterocycles. The van der Waals surface area contributed by atoms with Gasteiger partial charge >= 0.3 is 0 Å². The van der Waals surface area contributed by atoms with Crippen LogP contribution in [0.4, 0.5) is 0 Å². The highest BCUT2D eigenvalue weighted by atomic mass is 35.5. The Bertz CT molecular complexity index is 888. The second-order valence-corrected chi connectivity index (χ2v) is 4.78. The van der Waals surface area contributed by atoms with Crippen LogP contribution in [-0.4, -0.2) is 39.6 Å². The second-order valence-electron chi connectivity index (χ2n) is 4.34. The van der Waals surface area contributed by atoms with Crippen molar-refractivity contribution in [2.45, 2.75) is 13.0 Å². The second kappa shape index (κ2) is 4.27. The molecule has 8 nitrogen and oxygen atoms in total. The fourth-order valence-corrected chi connectivity index (χ4v) is 2.22. The molecule has 100 valence electrons. The van der Waals surface area contributed by atoms with Gasteiger partial charge in [0, 0.05) is 19.2 Å². The molecule has 0 unspecified atom stereocenters. The van der Waals surface area contributed by atoms with Crippen LogP contribution in [0.5, 0.6) is 0 Å². The molecule has 0 radical (unpaired) electrons. The van der Waals surface area contributed by atoms with Crippen molar-refractivity contribution >= 4 is 28.3 Å². The van der Waals surface area contributed by atoms with E-state index >= 15 is 0 Å². The number of rotatable bonds is 3. The Morgan fingerprint density at radius 2 is 2.25 bits per heavy atom. The monoisotopic (exact) mass is 288 g/mol. The predicted octanol–water partition coefficient (Wildman–Crippen LogP) is 1.09. The van der Waals surface area contributed by atoms with Gasteiger partial charge in [-0.05, 0) is 0 Å². The van der Waals surface area contributed by atoms with E-state index in [-0.39, 0.29) is 0 Å². The molecular formula is C11H9ClN8. The molecule has 4 heterocycles. The van der Waals surface area contributed by atoms with Gasteiger partial charge in [-0.1, -0.05) is 11.6 Å². The van der Waals surface area contributed by atoms with E-state index in [1.54, 1.807) is 34.1 Å². The molecule has 0 spiro atoms. The Morgan fingerprint density at radius 3 is 3.10 bits per heavy atom. The fraction of sp³-hybridized carbons (Fsp3) is 0.182. The summed E-state index contributed by atoms with van der Waals surface area (Å²) in [7, 11) is 0. The summed E-state index contributed by atoms with van der Waals surface area (Å²) in [5, 5.41) is 16.8. The zero-order chi connectivity index (χ0) is 13.5. The molecule has 20 heavy (non-hydrogen) atoms. The maximum Gasteiger partial charge on any atom is 0.170 e. The fourth-order valence-electron chi connectivity index (χ4n) is 2.07. The van der Waals surface area contributed by atoms with Crippen LogP contribution in [0.3, 0.4) is 0 Å². The molecule has 0 saturated carbocycles. The molecule has 4 aromatic rings. The van der Waals surface area contributed by atoms with Gasteiger partial charge in [0.15, 0.2) is 17.1 Å². The van der Waals surface area contributed by atoms with Crippen molar-refractivity contribution in [3.63, 3.8) is 0 Å². The first kappa shape index (κ1) is 11.4. The SMILES string of the molecule is Clc1cnn(CCc2nc3c4cn[nH]c4ncn3n2)c1. The van der Waals surface area contributed by atoms with Crippen LogP contribution in [0.25, 0.3) is 16.7 Å². The summed E-state index contributed by atoms with van der Waals surface area (Å²) in [6.07, 6.45) is 7.37. The van der Waals surface area contributed by atoms with Crippen molar-refractivity contribution in [1.29, 1.82) is 0 Å². The highest BCUT2D eigenvalue weighted by molar-refractivity contribution is 6.30. The quantitative estimate of drug-likeness (QED) is 0.609. The molecule has 0 saturated heterocycles. The number of hydrogen-bond donors (Lipinski definition) is 1. The Labute approximate surface area is 117 Å². The molecule has 0 aliphatic carbocycles. The van der Waals surface area contributed by atoms with Crippen LogP contribution in [0.15, 0.2) is 24.9 Å². The first-order valence-corrected chi connectivity index (χ1v) is 6.39. The molecule has 0 aliphatic heterocycles. The minimum atomic E-state index is 0.622. The van der Waals surface area contributed by atoms with Gasteiger partial charge in [0.1, 0.15) is 6.33 Å². The first-order valence-electron chi connectivity index (χ1n) is 6.01. The molecular weight excluding hydrogens is 280 g/mol. The van der Waals surface area contributed by atoms with Gasteiger partial charge in [-0.3, -0.25) is 9.78 Å². The van der Waals surface area contributed by atoms with Gasteiger partial charge in [0.05, 0.1) is 22.8 Å². The standard InChI is InChI=1S/C11H9ClN8/c12-7-3-15-19(5-7)2-1-9-16-11-8-4-14-17-10(8)13-6-20(11)18-9/h3-6H,1-2H2,(H,14,17). The topological polar surface area (TPSA) is 89.6 Å². The zero-order valence-corrected chi connectivity index (χ0v) is 11.0. The molecule has 0 aromatic carbocycles. The molecule has 0 fully saturated rings. The lowest BCUT2D eigenvalue weighted by atomic mass is 10.4. The van der Waals surface area contributed by atoms with Crippen molar-refractivity contribution in [2.75, 3.05) is 0 Å². The molecule has 1 N–H and O–H groups in total. The number of aromatic nitrogens is 8. The van der Waals surface area contributed by atoms with Crippen molar-refractivity contribution in [1.82, 2.24) is 39.6 Å². The number of aromatic amines is 1. The van der Waals surface area contributed by atoms with Crippen LogP contribution < -0.4 is 0 Å². The number of halogens is 1. The third-order valence-corrected chi connectivity index (χ3v) is 3.19. The lowest BCUT2D eigenvalue weighted by Gasteiger charge is -1.96. The summed E-state index contributed by atoms with van der Waals surface area (Å²) >= 11 is 5.82. The number of nitrogens with zero attached hydrogens (tertiary/aromatic N) is 7. The van der Waals surface area contributed by atoms with E-state index in [9.17, 15) is 0 Å². The largest absolute Gasteiger partial charge is 0.271 e. The normalized spacial score (nSPS) is 11.7. The van der Waals surface area contributed by atoms with Gasteiger partial charge in [0.25, 0.3) is 0 Å². The lowest BCUT2D eigenvalue weighted by Crippen LogP contribution is -2.03. The lowest BCUT2D eigenvalue weighted by molar-refractivity contribution is 0.600. The van der Waals surface area contributed by atoms with Gasteiger partial charge in [-0.2, -0.15) is 10.2 Å². The predicted molar refractivity (Wildman–Crippen MR) is 71.4 cm³/mol. The maximum atomic E-state index is 5.82. The highest BCUT2D eigenvalue weighted by Crippen LogP contribution is 2.13. The van der Waals surface area contributed by atoms with Gasteiger partial charge in [-0.15, -0.1) is 5.10 Å². The highest BCUT2D eigenvalue weighted by Gasteiger charge is 2.09. The van der Waals surface area contributed by atoms with E-state index in [1.165, 1.54) is 0 Å². The van der Waals surface area contributed by atoms with Crippen LogP contribution >= 0.6 is 11.6 Å². The Balaban J connectivity index is 1.66. The number of fused-ring (bicyclic) bond motifs is 3. The maximum absolute atomic E-state index is 5.82. The van der Waals surface area contributed by atoms with Gasteiger partial charge in [-0.25, -0.2) is 14.5 Å².